The minimum Gasteiger partial charge on any atom is -0.300 e. The molecule has 0 aromatic carbocycles. The molecule has 33 heavy (non-hydrogen) atoms. The van der Waals surface area contributed by atoms with E-state index in [9.17, 15) is 9.59 Å². The highest BCUT2D eigenvalue weighted by molar-refractivity contribution is 5.97. The van der Waals surface area contributed by atoms with Crippen LogP contribution in [-0.4, -0.2) is 11.6 Å². The lowest BCUT2D eigenvalue weighted by Gasteiger charge is -2.03. The van der Waals surface area contributed by atoms with Crippen molar-refractivity contribution in [3.63, 3.8) is 0 Å². The zero-order valence-corrected chi connectivity index (χ0v) is 22.6. The smallest absolute Gasteiger partial charge is 0.140 e. The van der Waals surface area contributed by atoms with Gasteiger partial charge in [-0.15, -0.1) is 0 Å². The summed E-state index contributed by atoms with van der Waals surface area (Å²) in [6, 6.07) is 0. The van der Waals surface area contributed by atoms with Crippen LogP contribution in [0.15, 0.2) is 12.2 Å². The molecule has 0 saturated carbocycles. The van der Waals surface area contributed by atoms with Gasteiger partial charge in [0, 0.05) is 6.42 Å². The fourth-order valence-electron chi connectivity index (χ4n) is 4.53. The van der Waals surface area contributed by atoms with E-state index in [4.69, 9.17) is 0 Å². The first-order valence-electron chi connectivity index (χ1n) is 14.8. The Kier molecular flexibility index (Phi) is 26.6. The minimum absolute atomic E-state index is 0.00255. The fourth-order valence-corrected chi connectivity index (χ4v) is 4.53. The molecule has 0 bridgehead atoms. The molecule has 0 saturated heterocycles. The molecule has 0 aromatic heterocycles. The summed E-state index contributed by atoms with van der Waals surface area (Å²) in [6.07, 6.45) is 36.6. The highest BCUT2D eigenvalue weighted by Gasteiger charge is 2.04. The third-order valence-electron chi connectivity index (χ3n) is 6.66. The molecule has 0 spiro atoms. The third kappa shape index (κ3) is 29.0. The van der Waals surface area contributed by atoms with E-state index in [0.717, 1.165) is 12.8 Å². The number of Topliss-reactive ketones (excluding diaryl/α,β-unsaturated/α-hetero) is 2. The largest absolute Gasteiger partial charge is 0.300 e. The summed E-state index contributed by atoms with van der Waals surface area (Å²) in [5, 5.41) is 0. The van der Waals surface area contributed by atoms with Gasteiger partial charge in [0.25, 0.3) is 0 Å². The normalized spacial score (nSPS) is 11.5. The molecule has 0 aliphatic rings. The number of hydrogen-bond donors (Lipinski definition) is 0. The zero-order chi connectivity index (χ0) is 24.2. The van der Waals surface area contributed by atoms with Crippen LogP contribution in [0.2, 0.25) is 0 Å². The van der Waals surface area contributed by atoms with E-state index in [2.05, 4.69) is 19.1 Å². The van der Waals surface area contributed by atoms with E-state index in [1.54, 1.807) is 0 Å². The topological polar surface area (TPSA) is 34.1 Å². The number of carbonyl (C=O) groups excluding carboxylic acids is 2. The van der Waals surface area contributed by atoms with Gasteiger partial charge in [0.15, 0.2) is 0 Å². The second-order valence-electron chi connectivity index (χ2n) is 10.3. The predicted molar refractivity (Wildman–Crippen MR) is 146 cm³/mol. The average molecular weight is 463 g/mol. The first-order valence-corrected chi connectivity index (χ1v) is 14.8. The van der Waals surface area contributed by atoms with Crippen molar-refractivity contribution in [3.05, 3.63) is 12.2 Å². The molecule has 0 atom stereocenters. The molecule has 0 amide bonds. The Morgan fingerprint density at radius 2 is 0.818 bits per heavy atom. The molecular weight excluding hydrogens is 404 g/mol. The Bertz CT molecular complexity index is 452. The second kappa shape index (κ2) is 27.3. The molecular formula is C31H58O2. The molecule has 0 N–H and O–H groups in total. The van der Waals surface area contributed by atoms with Crippen LogP contribution in [0, 0.1) is 0 Å². The molecule has 0 aliphatic heterocycles. The lowest BCUT2D eigenvalue weighted by Crippen LogP contribution is -2.03. The van der Waals surface area contributed by atoms with Gasteiger partial charge in [-0.3, -0.25) is 9.59 Å². The van der Waals surface area contributed by atoms with E-state index in [1.807, 2.05) is 0 Å². The Balaban J connectivity index is 3.12. The standard InChI is InChI=1S/C31H58O2/c1-3-4-5-6-7-8-9-10-11-12-13-14-15-16-17-18-19-20-21-22-23-24-25-26-27-28-31(33)29-30(2)32/h10-11H,3-9,12-29H2,1-2H3. The molecule has 194 valence electrons. The fraction of sp³-hybridized carbons (Fsp3) is 0.871. The van der Waals surface area contributed by atoms with Crippen molar-refractivity contribution < 1.29 is 9.59 Å². The van der Waals surface area contributed by atoms with Gasteiger partial charge in [0.1, 0.15) is 11.6 Å². The highest BCUT2D eigenvalue weighted by Crippen LogP contribution is 2.14. The molecule has 2 heteroatoms. The van der Waals surface area contributed by atoms with E-state index in [-0.39, 0.29) is 18.0 Å². The van der Waals surface area contributed by atoms with Gasteiger partial charge in [-0.05, 0) is 39.0 Å². The van der Waals surface area contributed by atoms with Crippen LogP contribution in [0.1, 0.15) is 174 Å². The van der Waals surface area contributed by atoms with Crippen molar-refractivity contribution in [2.24, 2.45) is 0 Å². The first-order chi connectivity index (χ1) is 16.2. The van der Waals surface area contributed by atoms with Crippen LogP contribution in [0.4, 0.5) is 0 Å². The second-order valence-corrected chi connectivity index (χ2v) is 10.3. The number of carbonyl (C=O) groups is 2. The van der Waals surface area contributed by atoms with E-state index in [0.29, 0.717) is 6.42 Å². The van der Waals surface area contributed by atoms with E-state index >= 15 is 0 Å². The quantitative estimate of drug-likeness (QED) is 0.0691. The summed E-state index contributed by atoms with van der Waals surface area (Å²) in [4.78, 5) is 22.3. The monoisotopic (exact) mass is 462 g/mol. The van der Waals surface area contributed by atoms with Gasteiger partial charge < -0.3 is 0 Å². The first kappa shape index (κ1) is 32.1. The van der Waals surface area contributed by atoms with Crippen molar-refractivity contribution in [1.82, 2.24) is 0 Å². The molecule has 0 heterocycles. The maximum absolute atomic E-state index is 11.5. The van der Waals surface area contributed by atoms with Crippen LogP contribution in [0.3, 0.4) is 0 Å². The van der Waals surface area contributed by atoms with Crippen molar-refractivity contribution in [2.45, 2.75) is 174 Å². The predicted octanol–water partition coefficient (Wildman–Crippen LogP) is 10.5. The van der Waals surface area contributed by atoms with Crippen LogP contribution in [0.5, 0.6) is 0 Å². The van der Waals surface area contributed by atoms with Crippen LogP contribution < -0.4 is 0 Å². The molecule has 0 fully saturated rings. The Hall–Kier alpha value is -0.920. The zero-order valence-electron chi connectivity index (χ0n) is 22.6. The summed E-state index contributed by atoms with van der Waals surface area (Å²) in [7, 11) is 0. The maximum Gasteiger partial charge on any atom is 0.140 e. The van der Waals surface area contributed by atoms with Gasteiger partial charge in [0.05, 0.1) is 6.42 Å². The molecule has 2 nitrogen and oxygen atoms in total. The summed E-state index contributed by atoms with van der Waals surface area (Å²) < 4.78 is 0. The minimum atomic E-state index is -0.00255. The number of rotatable bonds is 27. The number of ketones is 2. The molecule has 0 radical (unpaired) electrons. The Labute approximate surface area is 207 Å². The van der Waals surface area contributed by atoms with Gasteiger partial charge in [-0.1, -0.05) is 135 Å². The van der Waals surface area contributed by atoms with Gasteiger partial charge in [-0.2, -0.15) is 0 Å². The molecule has 0 aromatic rings. The Morgan fingerprint density at radius 3 is 1.18 bits per heavy atom. The summed E-state index contributed by atoms with van der Waals surface area (Å²) in [5.41, 5.74) is 0. The molecule has 0 unspecified atom stereocenters. The van der Waals surface area contributed by atoms with Crippen molar-refractivity contribution in [3.8, 4) is 0 Å². The van der Waals surface area contributed by atoms with E-state index in [1.165, 1.54) is 142 Å². The van der Waals surface area contributed by atoms with Gasteiger partial charge in [-0.25, -0.2) is 0 Å². The number of allylic oxidation sites excluding steroid dienone is 2. The number of hydrogen-bond acceptors (Lipinski definition) is 2. The maximum atomic E-state index is 11.5. The summed E-state index contributed by atoms with van der Waals surface area (Å²) in [5.74, 6) is 0.117. The lowest BCUT2D eigenvalue weighted by molar-refractivity contribution is -0.125. The van der Waals surface area contributed by atoms with Crippen LogP contribution >= 0.6 is 0 Å². The number of unbranched alkanes of at least 4 members (excludes halogenated alkanes) is 21. The lowest BCUT2D eigenvalue weighted by atomic mass is 10.0. The van der Waals surface area contributed by atoms with Gasteiger partial charge in [0.2, 0.25) is 0 Å². The van der Waals surface area contributed by atoms with Crippen molar-refractivity contribution >= 4 is 11.6 Å². The molecule has 0 aliphatic carbocycles. The van der Waals surface area contributed by atoms with Crippen molar-refractivity contribution in [1.29, 1.82) is 0 Å². The average Bonchev–Trinajstić information content (AvgIpc) is 2.78. The van der Waals surface area contributed by atoms with Crippen LogP contribution in [0.25, 0.3) is 0 Å². The molecule has 0 rings (SSSR count). The van der Waals surface area contributed by atoms with Crippen molar-refractivity contribution in [2.75, 3.05) is 0 Å². The third-order valence-corrected chi connectivity index (χ3v) is 6.66. The Morgan fingerprint density at radius 1 is 0.485 bits per heavy atom. The SMILES string of the molecule is CCCCCCCCC=CCCCCCCCCCCCCCCCCCC(=O)CC(C)=O. The summed E-state index contributed by atoms with van der Waals surface area (Å²) in [6.45, 7) is 3.78. The van der Waals surface area contributed by atoms with E-state index < -0.39 is 0 Å². The van der Waals surface area contributed by atoms with Gasteiger partial charge >= 0.3 is 0 Å². The highest BCUT2D eigenvalue weighted by atomic mass is 16.1. The van der Waals surface area contributed by atoms with Crippen LogP contribution in [-0.2, 0) is 9.59 Å². The summed E-state index contributed by atoms with van der Waals surface area (Å²) >= 11 is 0.